The standard InChI is InChI=1S/C26H25F3N2O4S/c27-17-8-6-16(7-9-17)22-5-2-10-31(22)26(35)24(33)23(32)25(34)30-13-18-11-15(14-36-18)12-19-20(28)3-1-4-21(19)29/h1,3-4,6-9,11,14,22-24,32-33H,2,5,10,12-13H2,(H,30,34)/t22?,23-,24-/m1/s1. The highest BCUT2D eigenvalue weighted by molar-refractivity contribution is 7.10. The minimum absolute atomic E-state index is 0.00312. The molecule has 1 aromatic heterocycles. The monoisotopic (exact) mass is 518 g/mol. The first-order valence-corrected chi connectivity index (χ1v) is 12.3. The zero-order valence-electron chi connectivity index (χ0n) is 19.2. The third-order valence-electron chi connectivity index (χ3n) is 6.20. The van der Waals surface area contributed by atoms with Gasteiger partial charge in [0, 0.05) is 23.4 Å². The quantitative estimate of drug-likeness (QED) is 0.426. The summed E-state index contributed by atoms with van der Waals surface area (Å²) in [4.78, 5) is 27.3. The molecule has 1 saturated heterocycles. The molecule has 0 bridgehead atoms. The molecule has 6 nitrogen and oxygen atoms in total. The number of amides is 2. The van der Waals surface area contributed by atoms with Gasteiger partial charge in [-0.2, -0.15) is 0 Å². The van der Waals surface area contributed by atoms with E-state index in [1.165, 1.54) is 46.6 Å². The molecule has 0 saturated carbocycles. The fourth-order valence-electron chi connectivity index (χ4n) is 4.31. The lowest BCUT2D eigenvalue weighted by molar-refractivity contribution is -0.153. The Labute approximate surface area is 210 Å². The van der Waals surface area contributed by atoms with Crippen molar-refractivity contribution in [2.24, 2.45) is 0 Å². The largest absolute Gasteiger partial charge is 0.380 e. The van der Waals surface area contributed by atoms with E-state index >= 15 is 0 Å². The van der Waals surface area contributed by atoms with Crippen molar-refractivity contribution in [2.45, 2.75) is 44.1 Å². The van der Waals surface area contributed by atoms with Gasteiger partial charge in [-0.3, -0.25) is 9.59 Å². The highest BCUT2D eigenvalue weighted by Gasteiger charge is 2.38. The van der Waals surface area contributed by atoms with Crippen molar-refractivity contribution in [3.05, 3.63) is 92.9 Å². The number of hydrogen-bond donors (Lipinski definition) is 3. The summed E-state index contributed by atoms with van der Waals surface area (Å²) in [6, 6.07) is 10.7. The van der Waals surface area contributed by atoms with Gasteiger partial charge in [-0.1, -0.05) is 18.2 Å². The van der Waals surface area contributed by atoms with Crippen LogP contribution in [0.4, 0.5) is 13.2 Å². The summed E-state index contributed by atoms with van der Waals surface area (Å²) >= 11 is 1.26. The zero-order chi connectivity index (χ0) is 25.8. The van der Waals surface area contributed by atoms with Crippen molar-refractivity contribution < 1.29 is 33.0 Å². The predicted octanol–water partition coefficient (Wildman–Crippen LogP) is 3.46. The number of rotatable bonds is 8. The van der Waals surface area contributed by atoms with Crippen molar-refractivity contribution >= 4 is 23.2 Å². The Morgan fingerprint density at radius 1 is 1.06 bits per heavy atom. The number of carbonyl (C=O) groups excluding carboxylic acids is 2. The van der Waals surface area contributed by atoms with Gasteiger partial charge in [-0.05, 0) is 59.7 Å². The van der Waals surface area contributed by atoms with Crippen LogP contribution in [0.25, 0.3) is 0 Å². The summed E-state index contributed by atoms with van der Waals surface area (Å²) < 4.78 is 41.0. The maximum Gasteiger partial charge on any atom is 0.255 e. The van der Waals surface area contributed by atoms with Crippen molar-refractivity contribution in [1.82, 2.24) is 10.2 Å². The Kier molecular flexibility index (Phi) is 8.07. The molecule has 10 heteroatoms. The van der Waals surface area contributed by atoms with Crippen LogP contribution >= 0.6 is 11.3 Å². The molecule has 0 radical (unpaired) electrons. The third-order valence-corrected chi connectivity index (χ3v) is 7.18. The minimum atomic E-state index is -1.99. The average molecular weight is 519 g/mol. The molecule has 1 aliphatic rings. The molecule has 1 fully saturated rings. The molecule has 1 aliphatic heterocycles. The van der Waals surface area contributed by atoms with Crippen LogP contribution in [0.1, 0.15) is 40.5 Å². The molecule has 3 N–H and O–H groups in total. The Morgan fingerprint density at radius 3 is 2.44 bits per heavy atom. The molecule has 2 amide bonds. The molecule has 190 valence electrons. The van der Waals surface area contributed by atoms with E-state index in [0.29, 0.717) is 35.4 Å². The Bertz CT molecular complexity index is 1210. The fourth-order valence-corrected chi connectivity index (χ4v) is 5.14. The first-order chi connectivity index (χ1) is 17.2. The van der Waals surface area contributed by atoms with E-state index in [2.05, 4.69) is 5.32 Å². The van der Waals surface area contributed by atoms with Crippen LogP contribution in [0.3, 0.4) is 0 Å². The first kappa shape index (κ1) is 25.9. The number of nitrogens with zero attached hydrogens (tertiary/aromatic N) is 1. The van der Waals surface area contributed by atoms with Gasteiger partial charge in [0.15, 0.2) is 12.2 Å². The van der Waals surface area contributed by atoms with Gasteiger partial charge in [-0.15, -0.1) is 11.3 Å². The fraction of sp³-hybridized carbons (Fsp3) is 0.308. The lowest BCUT2D eigenvalue weighted by atomic mass is 10.0. The Hall–Kier alpha value is -3.21. The summed E-state index contributed by atoms with van der Waals surface area (Å²) in [5.74, 6) is -3.40. The summed E-state index contributed by atoms with van der Waals surface area (Å²) in [5.41, 5.74) is 1.31. The maximum atomic E-state index is 13.9. The van der Waals surface area contributed by atoms with Gasteiger partial charge >= 0.3 is 0 Å². The number of likely N-dealkylation sites (tertiary alicyclic amines) is 1. The molecule has 2 heterocycles. The molecule has 2 aromatic carbocycles. The molecule has 4 rings (SSSR count). The summed E-state index contributed by atoms with van der Waals surface area (Å²) in [7, 11) is 0. The van der Waals surface area contributed by atoms with E-state index in [0.717, 1.165) is 0 Å². The smallest absolute Gasteiger partial charge is 0.255 e. The lowest BCUT2D eigenvalue weighted by Gasteiger charge is -2.28. The second-order valence-electron chi connectivity index (χ2n) is 8.65. The van der Waals surface area contributed by atoms with Crippen LogP contribution in [0.15, 0.2) is 53.9 Å². The molecule has 0 aliphatic carbocycles. The maximum absolute atomic E-state index is 13.9. The number of nitrogens with one attached hydrogen (secondary N) is 1. The van der Waals surface area contributed by atoms with Crippen LogP contribution in [-0.2, 0) is 22.6 Å². The number of carbonyl (C=O) groups is 2. The molecule has 3 atom stereocenters. The van der Waals surface area contributed by atoms with Gasteiger partial charge in [0.05, 0.1) is 12.6 Å². The molecular formula is C26H25F3N2O4S. The lowest BCUT2D eigenvalue weighted by Crippen LogP contribution is -2.50. The summed E-state index contributed by atoms with van der Waals surface area (Å²) in [5, 5.41) is 24.9. The van der Waals surface area contributed by atoms with Crippen molar-refractivity contribution in [1.29, 1.82) is 0 Å². The number of hydrogen-bond acceptors (Lipinski definition) is 5. The minimum Gasteiger partial charge on any atom is -0.380 e. The van der Waals surface area contributed by atoms with Gasteiger partial charge in [0.1, 0.15) is 17.5 Å². The van der Waals surface area contributed by atoms with E-state index in [-0.39, 0.29) is 24.6 Å². The van der Waals surface area contributed by atoms with Crippen molar-refractivity contribution in [3.8, 4) is 0 Å². The number of benzene rings is 2. The van der Waals surface area contributed by atoms with Crippen molar-refractivity contribution in [2.75, 3.05) is 6.54 Å². The number of aliphatic hydroxyl groups excluding tert-OH is 2. The molecular weight excluding hydrogens is 493 g/mol. The van der Waals surface area contributed by atoms with Gasteiger partial charge < -0.3 is 20.4 Å². The summed E-state index contributed by atoms with van der Waals surface area (Å²) in [6.45, 7) is 0.343. The van der Waals surface area contributed by atoms with E-state index in [1.54, 1.807) is 23.6 Å². The highest BCUT2D eigenvalue weighted by atomic mass is 32.1. The molecule has 3 aromatic rings. The zero-order valence-corrected chi connectivity index (χ0v) is 20.0. The number of halogens is 3. The number of thiophene rings is 1. The van der Waals surface area contributed by atoms with E-state index in [9.17, 15) is 33.0 Å². The van der Waals surface area contributed by atoms with Crippen molar-refractivity contribution in [3.63, 3.8) is 0 Å². The topological polar surface area (TPSA) is 89.9 Å². The van der Waals surface area contributed by atoms with Crippen LogP contribution < -0.4 is 5.32 Å². The summed E-state index contributed by atoms with van der Waals surface area (Å²) in [6.07, 6.45) is -2.62. The van der Waals surface area contributed by atoms with E-state index in [1.807, 2.05) is 0 Å². The molecule has 1 unspecified atom stereocenters. The van der Waals surface area contributed by atoms with Crippen LogP contribution in [0.2, 0.25) is 0 Å². The normalized spacial score (nSPS) is 17.1. The SMILES string of the molecule is O=C(NCc1cc(Cc2c(F)cccc2F)cs1)[C@H](O)[C@@H](O)C(=O)N1CCCC1c1ccc(F)cc1. The van der Waals surface area contributed by atoms with E-state index < -0.39 is 41.5 Å². The molecule has 36 heavy (non-hydrogen) atoms. The second kappa shape index (κ2) is 11.2. The van der Waals surface area contributed by atoms with Gasteiger partial charge in [-0.25, -0.2) is 13.2 Å². The van der Waals surface area contributed by atoms with Crippen LogP contribution in [0, 0.1) is 17.5 Å². The van der Waals surface area contributed by atoms with Gasteiger partial charge in [0.25, 0.3) is 11.8 Å². The Morgan fingerprint density at radius 2 is 1.75 bits per heavy atom. The van der Waals surface area contributed by atoms with Gasteiger partial charge in [0.2, 0.25) is 0 Å². The second-order valence-corrected chi connectivity index (χ2v) is 9.64. The van der Waals surface area contributed by atoms with Crippen LogP contribution in [-0.4, -0.2) is 45.7 Å². The number of aliphatic hydroxyl groups is 2. The molecule has 0 spiro atoms. The third kappa shape index (κ3) is 5.77. The Balaban J connectivity index is 1.33. The first-order valence-electron chi connectivity index (χ1n) is 11.4. The van der Waals surface area contributed by atoms with E-state index in [4.69, 9.17) is 0 Å². The predicted molar refractivity (Wildman–Crippen MR) is 127 cm³/mol. The highest BCUT2D eigenvalue weighted by Crippen LogP contribution is 2.32. The van der Waals surface area contributed by atoms with Crippen LogP contribution in [0.5, 0.6) is 0 Å². The average Bonchev–Trinajstić information content (AvgIpc) is 3.54.